The third-order valence-corrected chi connectivity index (χ3v) is 17.6. The highest BCUT2D eigenvalue weighted by atomic mass is 16.5. The number of Topliss-reactive ketones (excluding diaryl/α,β-unsaturated/α-hetero) is 2. The molecule has 2 fully saturated rings. The fourth-order valence-electron chi connectivity index (χ4n) is 13.6. The molecule has 0 bridgehead atoms. The maximum atomic E-state index is 14.3. The van der Waals surface area contributed by atoms with E-state index in [1.54, 1.807) is 13.8 Å². The largest absolute Gasteiger partial charge is 0.426 e. The first-order valence-electron chi connectivity index (χ1n) is 24.6. The molecule has 4 aromatic rings. The minimum atomic E-state index is -0.658. The second-order valence-electron chi connectivity index (χ2n) is 22.6. The molecule has 0 radical (unpaired) electrons. The molecule has 4 aliphatic carbocycles. The number of fused-ring (bicyclic) bond motifs is 6. The van der Waals surface area contributed by atoms with E-state index in [2.05, 4.69) is 93.5 Å². The summed E-state index contributed by atoms with van der Waals surface area (Å²) in [5.41, 5.74) is 8.99. The zero-order valence-corrected chi connectivity index (χ0v) is 41.3. The third-order valence-electron chi connectivity index (χ3n) is 17.6. The molecule has 4 aliphatic rings. The lowest BCUT2D eigenvalue weighted by molar-refractivity contribution is -0.155. The van der Waals surface area contributed by atoms with Crippen molar-refractivity contribution in [1.29, 1.82) is 0 Å². The lowest BCUT2D eigenvalue weighted by Gasteiger charge is -2.54. The maximum absolute atomic E-state index is 14.3. The van der Waals surface area contributed by atoms with Gasteiger partial charge in [0.1, 0.15) is 11.5 Å². The Morgan fingerprint density at radius 2 is 0.908 bits per heavy atom. The molecule has 6 nitrogen and oxygen atoms in total. The molecule has 0 heterocycles. The van der Waals surface area contributed by atoms with Gasteiger partial charge < -0.3 is 9.47 Å². The van der Waals surface area contributed by atoms with Gasteiger partial charge in [0.15, 0.2) is 11.6 Å². The summed E-state index contributed by atoms with van der Waals surface area (Å²) in [7, 11) is 0. The minimum Gasteiger partial charge on any atom is -0.426 e. The number of esters is 2. The molecule has 6 unspecified atom stereocenters. The molecule has 0 saturated heterocycles. The number of aryl methyl sites for hydroxylation is 2. The predicted octanol–water partition coefficient (Wildman–Crippen LogP) is 13.9. The Balaban J connectivity index is 0.949. The fourth-order valence-corrected chi connectivity index (χ4v) is 13.6. The first-order chi connectivity index (χ1) is 30.5. The van der Waals surface area contributed by atoms with Crippen molar-refractivity contribution < 1.29 is 28.7 Å². The number of ether oxygens (including phenoxy) is 2. The molecule has 0 aliphatic heterocycles. The van der Waals surface area contributed by atoms with Crippen LogP contribution in [0.15, 0.2) is 72.8 Å². The van der Waals surface area contributed by atoms with Crippen LogP contribution in [0.1, 0.15) is 212 Å². The van der Waals surface area contributed by atoms with E-state index in [4.69, 9.17) is 9.47 Å². The number of hydrogen-bond donors (Lipinski definition) is 0. The Morgan fingerprint density at radius 1 is 0.554 bits per heavy atom. The monoisotopic (exact) mass is 877 g/mol. The van der Waals surface area contributed by atoms with Crippen molar-refractivity contribution in [3.63, 3.8) is 0 Å². The van der Waals surface area contributed by atoms with Gasteiger partial charge in [-0.05, 0) is 194 Å². The smallest absolute Gasteiger partial charge is 0.317 e. The molecule has 8 rings (SSSR count). The van der Waals surface area contributed by atoms with Crippen LogP contribution in [0.2, 0.25) is 0 Å². The maximum Gasteiger partial charge on any atom is 0.317 e. The van der Waals surface area contributed by atoms with Crippen LogP contribution in [-0.4, -0.2) is 23.5 Å². The molecule has 0 aromatic heterocycles. The number of benzene rings is 4. The summed E-state index contributed by atoms with van der Waals surface area (Å²) in [5, 5.41) is 0. The van der Waals surface area contributed by atoms with Gasteiger partial charge in [0, 0.05) is 16.5 Å². The van der Waals surface area contributed by atoms with Crippen LogP contribution in [0, 0.1) is 22.7 Å². The normalized spacial score (nSPS) is 27.2. The molecular weight excluding hydrogens is 805 g/mol. The third kappa shape index (κ3) is 7.83. The molecule has 6 heteroatoms. The van der Waals surface area contributed by atoms with Gasteiger partial charge in [0.2, 0.25) is 0 Å². The van der Waals surface area contributed by atoms with Gasteiger partial charge in [-0.25, -0.2) is 0 Å². The molecule has 6 atom stereocenters. The van der Waals surface area contributed by atoms with E-state index < -0.39 is 10.8 Å². The van der Waals surface area contributed by atoms with Gasteiger partial charge >= 0.3 is 11.9 Å². The first-order valence-corrected chi connectivity index (χ1v) is 24.6. The lowest BCUT2D eigenvalue weighted by Crippen LogP contribution is -2.53. The summed E-state index contributed by atoms with van der Waals surface area (Å²) in [6, 6.07) is 24.7. The van der Waals surface area contributed by atoms with Crippen LogP contribution < -0.4 is 9.47 Å². The lowest BCUT2D eigenvalue weighted by atomic mass is 9.49. The number of carbonyl (C=O) groups excluding carboxylic acids is 4. The predicted molar refractivity (Wildman–Crippen MR) is 260 cm³/mol. The van der Waals surface area contributed by atoms with Crippen molar-refractivity contribution in [1.82, 2.24) is 0 Å². The SMILES string of the molecule is CC(=O)c1cc2c(cc1C(C)C)CCC1C(C)(C(=O)Oc3ccc(C(C)(C)c4ccc(OC(=O)C5(C)CCCC6(C)c7cc(C(C)=O)c(C(C)C)cc7CCC56)cc4)cc3)CCCC21C. The molecule has 4 aromatic carbocycles. The fraction of sp³-hybridized carbons (Fsp3) is 0.525. The number of hydrogen-bond acceptors (Lipinski definition) is 6. The Kier molecular flexibility index (Phi) is 12.1. The Morgan fingerprint density at radius 3 is 1.23 bits per heavy atom. The molecule has 0 spiro atoms. The summed E-state index contributed by atoms with van der Waals surface area (Å²) in [6.45, 7) is 25.1. The molecule has 0 N–H and O–H groups in total. The highest BCUT2D eigenvalue weighted by Gasteiger charge is 2.57. The van der Waals surface area contributed by atoms with Gasteiger partial charge in [0.05, 0.1) is 10.8 Å². The number of rotatable bonds is 10. The van der Waals surface area contributed by atoms with Crippen LogP contribution in [0.5, 0.6) is 11.5 Å². The summed E-state index contributed by atoms with van der Waals surface area (Å²) in [4.78, 5) is 54.3. The average molecular weight is 877 g/mol. The van der Waals surface area contributed by atoms with E-state index in [-0.39, 0.29) is 63.4 Å². The molecule has 0 amide bonds. The Hall–Kier alpha value is -4.84. The van der Waals surface area contributed by atoms with Crippen molar-refractivity contribution in [3.05, 3.63) is 128 Å². The molecule has 344 valence electrons. The van der Waals surface area contributed by atoms with Gasteiger partial charge in [0.25, 0.3) is 0 Å². The topological polar surface area (TPSA) is 86.7 Å². The minimum absolute atomic E-state index is 0.0975. The highest BCUT2D eigenvalue weighted by Crippen LogP contribution is 2.60. The van der Waals surface area contributed by atoms with Crippen molar-refractivity contribution in [3.8, 4) is 11.5 Å². The number of ketones is 2. The van der Waals surface area contributed by atoms with Crippen molar-refractivity contribution >= 4 is 23.5 Å². The Bertz CT molecular complexity index is 2370. The number of carbonyl (C=O) groups is 4. The van der Waals surface area contributed by atoms with Crippen LogP contribution >= 0.6 is 0 Å². The van der Waals surface area contributed by atoms with Crippen LogP contribution in [0.3, 0.4) is 0 Å². The van der Waals surface area contributed by atoms with Crippen LogP contribution in [0.25, 0.3) is 0 Å². The zero-order chi connectivity index (χ0) is 47.0. The van der Waals surface area contributed by atoms with Gasteiger partial charge in [-0.1, -0.05) is 105 Å². The second-order valence-corrected chi connectivity index (χ2v) is 22.6. The van der Waals surface area contributed by atoms with Crippen molar-refractivity contribution in [2.24, 2.45) is 22.7 Å². The van der Waals surface area contributed by atoms with E-state index >= 15 is 0 Å². The summed E-state index contributed by atoms with van der Waals surface area (Å²) in [5.74, 6) is 1.64. The zero-order valence-electron chi connectivity index (χ0n) is 41.3. The first kappa shape index (κ1) is 46.7. The van der Waals surface area contributed by atoms with Crippen molar-refractivity contribution in [2.75, 3.05) is 0 Å². The van der Waals surface area contributed by atoms with Gasteiger partial charge in [-0.15, -0.1) is 0 Å². The quantitative estimate of drug-likeness (QED) is 0.0896. The van der Waals surface area contributed by atoms with Gasteiger partial charge in [-0.2, -0.15) is 0 Å². The van der Waals surface area contributed by atoms with E-state index in [0.717, 1.165) is 97.6 Å². The standard InChI is InChI=1S/C59H72O6/c1-35(2)45-31-39-15-25-51-56(9,49(39)33-47(45)37(5)60)27-13-29-58(51,11)53(62)64-43-21-17-41(18-22-43)55(7,8)42-19-23-44(24-20-42)65-54(63)59(12)30-14-28-57(10)50-34-48(38(6)61)46(36(3)4)32-40(50)16-26-52(57)59/h17-24,31-36,51-52H,13-16,25-30H2,1-12H3. The van der Waals surface area contributed by atoms with Crippen molar-refractivity contribution in [2.45, 2.75) is 175 Å². The average Bonchev–Trinajstić information content (AvgIpc) is 3.25. The van der Waals surface area contributed by atoms with E-state index in [1.165, 1.54) is 22.3 Å². The van der Waals surface area contributed by atoms with Gasteiger partial charge in [-0.3, -0.25) is 19.2 Å². The summed E-state index contributed by atoms with van der Waals surface area (Å²) in [6.07, 6.45) is 8.96. The van der Waals surface area contributed by atoms with E-state index in [1.807, 2.05) is 48.5 Å². The molecule has 65 heavy (non-hydrogen) atoms. The Labute approximate surface area is 388 Å². The van der Waals surface area contributed by atoms with E-state index in [0.29, 0.717) is 11.5 Å². The molecule has 2 saturated carbocycles. The van der Waals surface area contributed by atoms with Crippen LogP contribution in [0.4, 0.5) is 0 Å². The summed E-state index contributed by atoms with van der Waals surface area (Å²) >= 11 is 0. The highest BCUT2D eigenvalue weighted by molar-refractivity contribution is 5.97. The second kappa shape index (κ2) is 16.8. The molecular formula is C59H72O6. The van der Waals surface area contributed by atoms with E-state index in [9.17, 15) is 19.2 Å². The van der Waals surface area contributed by atoms with Crippen LogP contribution in [-0.2, 0) is 38.7 Å². The summed E-state index contributed by atoms with van der Waals surface area (Å²) < 4.78 is 12.5.